The Hall–Kier alpha value is -1.04. The van der Waals surface area contributed by atoms with Gasteiger partial charge in [0.05, 0.1) is 4.47 Å². The number of aryl methyl sites for hydroxylation is 1. The minimum absolute atomic E-state index is 0.538. The van der Waals surface area contributed by atoms with Crippen LogP contribution in [-0.4, -0.2) is 18.3 Å². The Labute approximate surface area is 123 Å². The van der Waals surface area contributed by atoms with Crippen LogP contribution in [0.2, 0.25) is 0 Å². The van der Waals surface area contributed by atoms with Crippen LogP contribution in [0.3, 0.4) is 0 Å². The van der Waals surface area contributed by atoms with Crippen molar-refractivity contribution in [2.24, 2.45) is 0 Å². The third-order valence-corrected chi connectivity index (χ3v) is 4.47. The Morgan fingerprint density at radius 2 is 2.00 bits per heavy atom. The monoisotopic (exact) mass is 340 g/mol. The molecule has 0 radical (unpaired) electrons. The van der Waals surface area contributed by atoms with E-state index in [1.54, 1.807) is 11.3 Å². The van der Waals surface area contributed by atoms with Gasteiger partial charge in [-0.15, -0.1) is 11.3 Å². The van der Waals surface area contributed by atoms with E-state index < -0.39 is 6.10 Å². The van der Waals surface area contributed by atoms with Crippen molar-refractivity contribution in [3.8, 4) is 11.5 Å². The Bertz CT molecular complexity index is 609. The number of halogens is 1. The lowest BCUT2D eigenvalue weighted by atomic mass is 10.0. The second kappa shape index (κ2) is 5.15. The second-order valence-electron chi connectivity index (χ2n) is 4.42. The first-order valence-electron chi connectivity index (χ1n) is 5.97. The van der Waals surface area contributed by atoms with Crippen LogP contribution >= 0.6 is 27.3 Å². The van der Waals surface area contributed by atoms with Crippen LogP contribution in [0.4, 0.5) is 0 Å². The van der Waals surface area contributed by atoms with Crippen molar-refractivity contribution < 1.29 is 14.6 Å². The zero-order valence-corrected chi connectivity index (χ0v) is 12.8. The van der Waals surface area contributed by atoms with E-state index in [0.29, 0.717) is 24.7 Å². The van der Waals surface area contributed by atoms with E-state index in [-0.39, 0.29) is 0 Å². The molecule has 100 valence electrons. The van der Waals surface area contributed by atoms with Gasteiger partial charge in [-0.25, -0.2) is 0 Å². The fraction of sp³-hybridized carbons (Fsp3) is 0.286. The van der Waals surface area contributed by atoms with Crippen LogP contribution in [0.5, 0.6) is 11.5 Å². The second-order valence-corrected chi connectivity index (χ2v) is 6.39. The van der Waals surface area contributed by atoms with Crippen molar-refractivity contribution in [2.75, 3.05) is 13.2 Å². The largest absolute Gasteiger partial charge is 0.486 e. The van der Waals surface area contributed by atoms with Crippen LogP contribution < -0.4 is 9.47 Å². The first kappa shape index (κ1) is 13.0. The fourth-order valence-electron chi connectivity index (χ4n) is 2.09. The highest BCUT2D eigenvalue weighted by Gasteiger charge is 2.20. The molecule has 2 aromatic rings. The molecule has 3 nitrogen and oxygen atoms in total. The molecule has 1 atom stereocenters. The molecule has 1 aromatic heterocycles. The average molecular weight is 341 g/mol. The molecule has 0 bridgehead atoms. The molecule has 1 aromatic carbocycles. The molecule has 1 unspecified atom stereocenters. The van der Waals surface area contributed by atoms with E-state index in [1.165, 1.54) is 4.88 Å². The number of rotatable bonds is 2. The van der Waals surface area contributed by atoms with Gasteiger partial charge in [-0.3, -0.25) is 0 Å². The molecule has 1 aliphatic rings. The molecule has 3 rings (SSSR count). The molecule has 0 saturated carbocycles. The van der Waals surface area contributed by atoms with E-state index in [4.69, 9.17) is 9.47 Å². The highest BCUT2D eigenvalue weighted by molar-refractivity contribution is 9.10. The van der Waals surface area contributed by atoms with Crippen LogP contribution in [0.25, 0.3) is 0 Å². The SMILES string of the molecule is Cc1cc(C(O)c2cc(Br)c3c(c2)OCCO3)cs1. The van der Waals surface area contributed by atoms with Crippen molar-refractivity contribution in [3.05, 3.63) is 44.1 Å². The Morgan fingerprint density at radius 1 is 1.21 bits per heavy atom. The van der Waals surface area contributed by atoms with Gasteiger partial charge < -0.3 is 14.6 Å². The minimum Gasteiger partial charge on any atom is -0.486 e. The number of aliphatic hydroxyl groups excluding tert-OH is 1. The smallest absolute Gasteiger partial charge is 0.175 e. The number of hydrogen-bond acceptors (Lipinski definition) is 4. The molecule has 0 aliphatic carbocycles. The predicted octanol–water partition coefficient (Wildman–Crippen LogP) is 3.67. The molecule has 5 heteroatoms. The first-order chi connectivity index (χ1) is 9.15. The van der Waals surface area contributed by atoms with Gasteiger partial charge in [0, 0.05) is 4.88 Å². The summed E-state index contributed by atoms with van der Waals surface area (Å²) in [6.07, 6.45) is -0.642. The highest BCUT2D eigenvalue weighted by atomic mass is 79.9. The van der Waals surface area contributed by atoms with Crippen molar-refractivity contribution in [3.63, 3.8) is 0 Å². The summed E-state index contributed by atoms with van der Waals surface area (Å²) in [4.78, 5) is 1.19. The van der Waals surface area contributed by atoms with Crippen molar-refractivity contribution in [1.29, 1.82) is 0 Å². The van der Waals surface area contributed by atoms with Gasteiger partial charge in [-0.2, -0.15) is 0 Å². The maximum Gasteiger partial charge on any atom is 0.175 e. The van der Waals surface area contributed by atoms with E-state index in [0.717, 1.165) is 15.6 Å². The highest BCUT2D eigenvalue weighted by Crippen LogP contribution is 2.41. The zero-order valence-electron chi connectivity index (χ0n) is 10.4. The summed E-state index contributed by atoms with van der Waals surface area (Å²) in [6, 6.07) is 5.72. The fourth-order valence-corrected chi connectivity index (χ4v) is 3.39. The molecular weight excluding hydrogens is 328 g/mol. The van der Waals surface area contributed by atoms with E-state index in [2.05, 4.69) is 15.9 Å². The van der Waals surface area contributed by atoms with E-state index in [9.17, 15) is 5.11 Å². The van der Waals surface area contributed by atoms with Gasteiger partial charge in [-0.1, -0.05) is 0 Å². The molecule has 0 fully saturated rings. The maximum atomic E-state index is 10.4. The van der Waals surface area contributed by atoms with E-state index in [1.807, 2.05) is 30.5 Å². The Kier molecular flexibility index (Phi) is 3.52. The minimum atomic E-state index is -0.642. The third-order valence-electron chi connectivity index (χ3n) is 3.00. The molecule has 2 heterocycles. The number of benzene rings is 1. The Balaban J connectivity index is 1.99. The zero-order chi connectivity index (χ0) is 13.4. The van der Waals surface area contributed by atoms with Crippen LogP contribution in [-0.2, 0) is 0 Å². The number of thiophene rings is 1. The summed E-state index contributed by atoms with van der Waals surface area (Å²) in [5, 5.41) is 12.4. The third kappa shape index (κ3) is 2.50. The van der Waals surface area contributed by atoms with Crippen LogP contribution in [0.1, 0.15) is 22.1 Å². The van der Waals surface area contributed by atoms with Crippen LogP contribution in [0.15, 0.2) is 28.1 Å². The summed E-state index contributed by atoms with van der Waals surface area (Å²) in [5.74, 6) is 1.39. The molecule has 0 amide bonds. The standard InChI is InChI=1S/C14H13BrO3S/c1-8-4-10(7-19-8)13(16)9-5-11(15)14-12(6-9)17-2-3-18-14/h4-7,13,16H,2-3H2,1H3. The summed E-state index contributed by atoms with van der Waals surface area (Å²) in [7, 11) is 0. The average Bonchev–Trinajstić information content (AvgIpc) is 2.84. The molecular formula is C14H13BrO3S. The van der Waals surface area contributed by atoms with Gasteiger partial charge >= 0.3 is 0 Å². The molecule has 19 heavy (non-hydrogen) atoms. The van der Waals surface area contributed by atoms with Gasteiger partial charge in [-0.05, 0) is 57.6 Å². The molecule has 1 aliphatic heterocycles. The number of hydrogen-bond donors (Lipinski definition) is 1. The van der Waals surface area contributed by atoms with Crippen molar-refractivity contribution in [1.82, 2.24) is 0 Å². The summed E-state index contributed by atoms with van der Waals surface area (Å²) < 4.78 is 11.9. The van der Waals surface area contributed by atoms with Gasteiger partial charge in [0.25, 0.3) is 0 Å². The maximum absolute atomic E-state index is 10.4. The van der Waals surface area contributed by atoms with Gasteiger partial charge in [0.15, 0.2) is 11.5 Å². The number of fused-ring (bicyclic) bond motifs is 1. The lowest BCUT2D eigenvalue weighted by Crippen LogP contribution is -2.16. The number of ether oxygens (including phenoxy) is 2. The van der Waals surface area contributed by atoms with Crippen molar-refractivity contribution >= 4 is 27.3 Å². The molecule has 0 spiro atoms. The summed E-state index contributed by atoms with van der Waals surface area (Å²) in [6.45, 7) is 3.12. The van der Waals surface area contributed by atoms with Gasteiger partial charge in [0.2, 0.25) is 0 Å². The lowest BCUT2D eigenvalue weighted by molar-refractivity contribution is 0.168. The first-order valence-corrected chi connectivity index (χ1v) is 7.64. The van der Waals surface area contributed by atoms with E-state index >= 15 is 0 Å². The lowest BCUT2D eigenvalue weighted by Gasteiger charge is -2.21. The molecule has 0 saturated heterocycles. The summed E-state index contributed by atoms with van der Waals surface area (Å²) >= 11 is 5.10. The molecule has 1 N–H and O–H groups in total. The Morgan fingerprint density at radius 3 is 2.74 bits per heavy atom. The quantitative estimate of drug-likeness (QED) is 0.906. The predicted molar refractivity (Wildman–Crippen MR) is 78.2 cm³/mol. The van der Waals surface area contributed by atoms with Crippen molar-refractivity contribution in [2.45, 2.75) is 13.0 Å². The van der Waals surface area contributed by atoms with Crippen LogP contribution in [0, 0.1) is 6.92 Å². The number of aliphatic hydroxyl groups is 1. The normalized spacial score (nSPS) is 15.3. The topological polar surface area (TPSA) is 38.7 Å². The summed E-state index contributed by atoms with van der Waals surface area (Å²) in [5.41, 5.74) is 1.71. The van der Waals surface area contributed by atoms with Gasteiger partial charge in [0.1, 0.15) is 19.3 Å².